The molecule has 2 rings (SSSR count). The third-order valence-corrected chi connectivity index (χ3v) is 2.76. The van der Waals surface area contributed by atoms with E-state index < -0.39 is 0 Å². The number of rotatable bonds is 2. The Morgan fingerprint density at radius 3 is 3.00 bits per heavy atom. The molecule has 6 nitrogen and oxygen atoms in total. The summed E-state index contributed by atoms with van der Waals surface area (Å²) in [6.45, 7) is 3.14. The van der Waals surface area contributed by atoms with Gasteiger partial charge in [-0.15, -0.1) is 0 Å². The molecule has 1 aromatic rings. The minimum Gasteiger partial charge on any atom is -0.394 e. The highest BCUT2D eigenvalue weighted by atomic mass is 16.5. The van der Waals surface area contributed by atoms with Crippen molar-refractivity contribution in [3.63, 3.8) is 0 Å². The fraction of sp³-hybridized carbons (Fsp3) is 0.545. The molecule has 0 aromatic carbocycles. The molecule has 1 aromatic heterocycles. The van der Waals surface area contributed by atoms with E-state index in [4.69, 9.17) is 15.1 Å². The normalized spacial score (nSPS) is 24.4. The number of anilines is 1. The fourth-order valence-electron chi connectivity index (χ4n) is 1.77. The molecular formula is C11H14N4O2. The smallest absolute Gasteiger partial charge is 0.158 e. The van der Waals surface area contributed by atoms with Crippen molar-refractivity contribution in [2.24, 2.45) is 0 Å². The van der Waals surface area contributed by atoms with Gasteiger partial charge >= 0.3 is 0 Å². The first-order valence-electron chi connectivity index (χ1n) is 5.46. The molecule has 0 spiro atoms. The molecule has 1 aliphatic heterocycles. The average molecular weight is 234 g/mol. The maximum absolute atomic E-state index is 9.09. The van der Waals surface area contributed by atoms with Crippen LogP contribution in [0.4, 0.5) is 5.82 Å². The lowest BCUT2D eigenvalue weighted by molar-refractivity contribution is -0.0106. The van der Waals surface area contributed by atoms with Gasteiger partial charge in [-0.25, -0.2) is 9.97 Å². The molecule has 2 heterocycles. The van der Waals surface area contributed by atoms with Crippen LogP contribution in [-0.2, 0) is 4.74 Å². The van der Waals surface area contributed by atoms with Crippen LogP contribution in [0.3, 0.4) is 0 Å². The molecule has 2 unspecified atom stereocenters. The minimum atomic E-state index is -0.191. The Balaban J connectivity index is 2.16. The molecule has 6 heteroatoms. The van der Waals surface area contributed by atoms with E-state index in [1.54, 1.807) is 6.20 Å². The van der Waals surface area contributed by atoms with E-state index in [0.717, 1.165) is 0 Å². The van der Waals surface area contributed by atoms with E-state index in [1.165, 1.54) is 6.20 Å². The summed E-state index contributed by atoms with van der Waals surface area (Å²) >= 11 is 0. The van der Waals surface area contributed by atoms with Crippen molar-refractivity contribution in [3.8, 4) is 6.07 Å². The number of nitrogens with zero attached hydrogens (tertiary/aromatic N) is 4. The van der Waals surface area contributed by atoms with Gasteiger partial charge in [-0.1, -0.05) is 0 Å². The highest BCUT2D eigenvalue weighted by molar-refractivity contribution is 5.39. The molecule has 1 fully saturated rings. The fourth-order valence-corrected chi connectivity index (χ4v) is 1.77. The van der Waals surface area contributed by atoms with Gasteiger partial charge in [0.25, 0.3) is 0 Å². The van der Waals surface area contributed by atoms with Gasteiger partial charge in [-0.2, -0.15) is 5.26 Å². The van der Waals surface area contributed by atoms with E-state index in [9.17, 15) is 0 Å². The zero-order chi connectivity index (χ0) is 12.3. The van der Waals surface area contributed by atoms with Crippen molar-refractivity contribution >= 4 is 5.82 Å². The molecule has 1 N–H and O–H groups in total. The van der Waals surface area contributed by atoms with Crippen LogP contribution in [0.15, 0.2) is 12.4 Å². The van der Waals surface area contributed by atoms with E-state index in [-0.39, 0.29) is 18.8 Å². The second-order valence-electron chi connectivity index (χ2n) is 4.01. The maximum atomic E-state index is 9.09. The summed E-state index contributed by atoms with van der Waals surface area (Å²) in [5, 5.41) is 17.7. The zero-order valence-electron chi connectivity index (χ0n) is 9.58. The number of hydrogen-bond donors (Lipinski definition) is 1. The summed E-state index contributed by atoms with van der Waals surface area (Å²) < 4.78 is 5.44. The van der Waals surface area contributed by atoms with E-state index in [1.807, 2.05) is 17.9 Å². The quantitative estimate of drug-likeness (QED) is 0.771. The van der Waals surface area contributed by atoms with Gasteiger partial charge in [0.2, 0.25) is 0 Å². The van der Waals surface area contributed by atoms with Gasteiger partial charge in [-0.3, -0.25) is 0 Å². The molecule has 1 aliphatic rings. The van der Waals surface area contributed by atoms with Gasteiger partial charge in [0.05, 0.1) is 37.8 Å². The highest BCUT2D eigenvalue weighted by Crippen LogP contribution is 2.18. The van der Waals surface area contributed by atoms with Crippen molar-refractivity contribution in [1.29, 1.82) is 5.26 Å². The van der Waals surface area contributed by atoms with Crippen LogP contribution in [0.1, 0.15) is 12.6 Å². The Morgan fingerprint density at radius 1 is 1.59 bits per heavy atom. The molecule has 0 aliphatic carbocycles. The van der Waals surface area contributed by atoms with Crippen molar-refractivity contribution in [1.82, 2.24) is 9.97 Å². The number of hydrogen-bond acceptors (Lipinski definition) is 6. The van der Waals surface area contributed by atoms with Crippen LogP contribution >= 0.6 is 0 Å². The largest absolute Gasteiger partial charge is 0.394 e. The standard InChI is InChI=1S/C11H14N4O2/c1-8-7-17-10(6-16)5-15(8)11-4-13-9(2-12)3-14-11/h3-4,8,10,16H,5-7H2,1H3. The van der Waals surface area contributed by atoms with Crippen molar-refractivity contribution in [2.75, 3.05) is 24.7 Å². The minimum absolute atomic E-state index is 0.00702. The van der Waals surface area contributed by atoms with Gasteiger partial charge < -0.3 is 14.7 Å². The summed E-state index contributed by atoms with van der Waals surface area (Å²) in [5.41, 5.74) is 0.299. The first-order valence-corrected chi connectivity index (χ1v) is 5.46. The Hall–Kier alpha value is -1.71. The van der Waals surface area contributed by atoms with E-state index in [2.05, 4.69) is 9.97 Å². The second kappa shape index (κ2) is 5.08. The topological polar surface area (TPSA) is 82.3 Å². The number of ether oxygens (including phenoxy) is 1. The highest BCUT2D eigenvalue weighted by Gasteiger charge is 2.26. The van der Waals surface area contributed by atoms with Crippen LogP contribution in [0.2, 0.25) is 0 Å². The Labute approximate surface area is 99.5 Å². The molecule has 2 atom stereocenters. The summed E-state index contributed by atoms with van der Waals surface area (Å²) in [6, 6.07) is 2.11. The molecular weight excluding hydrogens is 220 g/mol. The summed E-state index contributed by atoms with van der Waals surface area (Å²) in [5.74, 6) is 0.707. The van der Waals surface area contributed by atoms with Gasteiger partial charge in [0.15, 0.2) is 5.69 Å². The lowest BCUT2D eigenvalue weighted by Crippen LogP contribution is -2.50. The molecule has 0 bridgehead atoms. The van der Waals surface area contributed by atoms with Crippen LogP contribution in [-0.4, -0.2) is 47.0 Å². The number of aromatic nitrogens is 2. The van der Waals surface area contributed by atoms with Gasteiger partial charge in [-0.05, 0) is 6.92 Å². The number of aliphatic hydroxyl groups is 1. The number of aliphatic hydroxyl groups excluding tert-OH is 1. The van der Waals surface area contributed by atoms with Crippen molar-refractivity contribution < 1.29 is 9.84 Å². The monoisotopic (exact) mass is 234 g/mol. The summed E-state index contributed by atoms with van der Waals surface area (Å²) in [4.78, 5) is 10.2. The van der Waals surface area contributed by atoms with E-state index >= 15 is 0 Å². The third kappa shape index (κ3) is 2.52. The summed E-state index contributed by atoms with van der Waals surface area (Å²) in [7, 11) is 0. The Morgan fingerprint density at radius 2 is 2.41 bits per heavy atom. The predicted octanol–water partition coefficient (Wildman–Crippen LogP) is -0.0657. The van der Waals surface area contributed by atoms with Gasteiger partial charge in [0.1, 0.15) is 11.9 Å². The molecule has 0 saturated carbocycles. The van der Waals surface area contributed by atoms with Crippen molar-refractivity contribution in [3.05, 3.63) is 18.1 Å². The summed E-state index contributed by atoms with van der Waals surface area (Å²) in [6.07, 6.45) is 2.84. The van der Waals surface area contributed by atoms with Crippen LogP contribution in [0.25, 0.3) is 0 Å². The number of morpholine rings is 1. The Bertz CT molecular complexity index is 414. The van der Waals surface area contributed by atoms with Crippen LogP contribution in [0.5, 0.6) is 0 Å². The van der Waals surface area contributed by atoms with Crippen LogP contribution < -0.4 is 4.90 Å². The van der Waals surface area contributed by atoms with E-state index in [0.29, 0.717) is 24.7 Å². The first kappa shape index (κ1) is 11.8. The SMILES string of the molecule is CC1COC(CO)CN1c1cnc(C#N)cn1. The van der Waals surface area contributed by atoms with Gasteiger partial charge in [0, 0.05) is 6.54 Å². The lowest BCUT2D eigenvalue weighted by Gasteiger charge is -2.37. The molecule has 17 heavy (non-hydrogen) atoms. The number of nitriles is 1. The molecule has 1 saturated heterocycles. The van der Waals surface area contributed by atoms with Crippen LogP contribution in [0, 0.1) is 11.3 Å². The molecule has 90 valence electrons. The molecule has 0 amide bonds. The molecule has 0 radical (unpaired) electrons. The Kier molecular flexibility index (Phi) is 3.52. The lowest BCUT2D eigenvalue weighted by atomic mass is 10.2. The second-order valence-corrected chi connectivity index (χ2v) is 4.01. The van der Waals surface area contributed by atoms with Crippen molar-refractivity contribution in [2.45, 2.75) is 19.1 Å². The average Bonchev–Trinajstić information content (AvgIpc) is 2.39. The third-order valence-electron chi connectivity index (χ3n) is 2.76. The first-order chi connectivity index (χ1) is 8.24. The maximum Gasteiger partial charge on any atom is 0.158 e. The zero-order valence-corrected chi connectivity index (χ0v) is 9.58. The predicted molar refractivity (Wildman–Crippen MR) is 60.4 cm³/mol.